The molecule has 350 valence electrons. The number of hydrogen-bond acceptors (Lipinski definition) is 27. The molecule has 0 unspecified atom stereocenters. The van der Waals surface area contributed by atoms with Gasteiger partial charge in [-0.2, -0.15) is 0 Å². The maximum Gasteiger partial charge on any atom is 0.364 e. The number of carboxylic acid groups (broad SMARTS) is 1. The van der Waals surface area contributed by atoms with Crippen molar-refractivity contribution in [1.29, 1.82) is 0 Å². The average Bonchev–Trinajstić information content (AvgIpc) is 3.22. The molecule has 28 nitrogen and oxygen atoms in total. The highest BCUT2D eigenvalue weighted by Crippen LogP contribution is 2.38. The second kappa shape index (κ2) is 20.5. The number of aliphatic hydroxyl groups excluding tert-OH is 16. The number of carbonyl (C=O) groups is 1. The van der Waals surface area contributed by atoms with Gasteiger partial charge in [0.2, 0.25) is 0 Å². The van der Waals surface area contributed by atoms with E-state index in [1.807, 2.05) is 0 Å². The minimum Gasteiger partial charge on any atom is -0.477 e. The van der Waals surface area contributed by atoms with Crippen LogP contribution in [-0.4, -0.2) is 284 Å². The molecule has 5 rings (SSSR count). The molecule has 0 saturated carbocycles. The standard InChI is InChI=1S/C32H54O28/c33-2-8(38)24-23(7(37)1-32(51,60-24)31(49)50)57-30-22(48)26(59-29-21(47)18(44)15(41)11(5-36)55-29)25(58-28-20(46)17(43)14(40)10(4-35)54-28)12(56-30)6-52-27-19(45)16(42)13(39)9(3-34)53-27/h7-30,33-48,51H,1-6H2,(H,49,50)/t7-,8-,9-,10-,11-,12-,13-,14-,15-,16+,17+,18+,19-,20-,21-,22-,23-,24-,25-,26-,27-,28+,29+,30-,32-/m1/s1. The van der Waals surface area contributed by atoms with Crippen molar-refractivity contribution in [2.24, 2.45) is 0 Å². The fourth-order valence-electron chi connectivity index (χ4n) is 7.35. The second-order valence-electron chi connectivity index (χ2n) is 15.0. The summed E-state index contributed by atoms with van der Waals surface area (Å²) < 4.78 is 50.6. The van der Waals surface area contributed by atoms with E-state index in [1.165, 1.54) is 0 Å². The van der Waals surface area contributed by atoms with Gasteiger partial charge in [0.1, 0.15) is 116 Å². The lowest BCUT2D eigenvalue weighted by atomic mass is 9.92. The Hall–Kier alpha value is -1.57. The Morgan fingerprint density at radius 2 is 0.950 bits per heavy atom. The molecule has 0 radical (unpaired) electrons. The fraction of sp³-hybridized carbons (Fsp3) is 0.969. The van der Waals surface area contributed by atoms with E-state index in [4.69, 9.17) is 42.6 Å². The summed E-state index contributed by atoms with van der Waals surface area (Å²) in [5, 5.41) is 187. The minimum atomic E-state index is -3.15. The van der Waals surface area contributed by atoms with Crippen LogP contribution in [0.3, 0.4) is 0 Å². The minimum absolute atomic E-state index is 0.894. The molecule has 5 aliphatic heterocycles. The lowest BCUT2D eigenvalue weighted by Gasteiger charge is -2.51. The smallest absolute Gasteiger partial charge is 0.364 e. The van der Waals surface area contributed by atoms with Crippen LogP contribution in [0.25, 0.3) is 0 Å². The zero-order chi connectivity index (χ0) is 44.5. The lowest BCUT2D eigenvalue weighted by molar-refractivity contribution is -0.403. The molecule has 0 amide bonds. The number of aliphatic hydroxyl groups is 17. The van der Waals surface area contributed by atoms with Gasteiger partial charge in [-0.25, -0.2) is 4.79 Å². The van der Waals surface area contributed by atoms with Crippen LogP contribution in [-0.2, 0) is 47.4 Å². The van der Waals surface area contributed by atoms with Crippen LogP contribution >= 0.6 is 0 Å². The predicted molar refractivity (Wildman–Crippen MR) is 178 cm³/mol. The van der Waals surface area contributed by atoms with Gasteiger partial charge in [0.15, 0.2) is 25.2 Å². The van der Waals surface area contributed by atoms with Crippen molar-refractivity contribution in [3.05, 3.63) is 0 Å². The molecule has 0 aromatic heterocycles. The quantitative estimate of drug-likeness (QED) is 0.0726. The third-order valence-corrected chi connectivity index (χ3v) is 10.9. The van der Waals surface area contributed by atoms with Gasteiger partial charge in [0, 0.05) is 6.42 Å². The van der Waals surface area contributed by atoms with Crippen molar-refractivity contribution in [3.8, 4) is 0 Å². The SMILES string of the molecule is O=C(O)[C@@]1(O)C[C@@H](O)[C@@H](O[C@H]2O[C@H](CO[C@@H]3O[C@H](CO)[C@@H](O)[C@H](O)[C@H]3O)[C@@H](O[C@@H]3O[C@H](CO)[C@@H](O)[C@H](O)[C@H]3O)[C@H](O[C@@H]3O[C@H](CO)[C@@H](O)[C@H](O)[C@H]3O)[C@H]2O)[C@@H]([C@H](O)CO)O1. The van der Waals surface area contributed by atoms with Crippen molar-refractivity contribution in [2.75, 3.05) is 33.0 Å². The van der Waals surface area contributed by atoms with Crippen LogP contribution in [0.4, 0.5) is 0 Å². The van der Waals surface area contributed by atoms with E-state index in [0.717, 1.165) is 0 Å². The maximum absolute atomic E-state index is 11.9. The van der Waals surface area contributed by atoms with Gasteiger partial charge in [-0.3, -0.25) is 0 Å². The molecule has 0 spiro atoms. The van der Waals surface area contributed by atoms with Gasteiger partial charge < -0.3 is 135 Å². The van der Waals surface area contributed by atoms with E-state index in [-0.39, 0.29) is 0 Å². The first-order chi connectivity index (χ1) is 28.2. The van der Waals surface area contributed by atoms with Crippen LogP contribution in [0.5, 0.6) is 0 Å². The van der Waals surface area contributed by atoms with Crippen molar-refractivity contribution in [2.45, 2.75) is 159 Å². The first-order valence-corrected chi connectivity index (χ1v) is 18.7. The molecule has 25 atom stereocenters. The summed E-state index contributed by atoms with van der Waals surface area (Å²) in [4.78, 5) is 11.8. The Balaban J connectivity index is 1.55. The highest BCUT2D eigenvalue weighted by atomic mass is 16.8. The molecule has 0 aliphatic carbocycles. The summed E-state index contributed by atoms with van der Waals surface area (Å²) >= 11 is 0. The molecule has 0 bridgehead atoms. The Kier molecular flexibility index (Phi) is 16.9. The van der Waals surface area contributed by atoms with Gasteiger partial charge in [-0.15, -0.1) is 0 Å². The van der Waals surface area contributed by atoms with E-state index in [0.29, 0.717) is 0 Å². The lowest BCUT2D eigenvalue weighted by Crippen LogP contribution is -2.69. The van der Waals surface area contributed by atoms with Crippen molar-refractivity contribution in [1.82, 2.24) is 0 Å². The average molecular weight is 887 g/mol. The Bertz CT molecular complexity index is 1360. The van der Waals surface area contributed by atoms with Crippen LogP contribution < -0.4 is 0 Å². The normalized spacial score (nSPS) is 50.9. The topological polar surface area (TPSA) is 464 Å². The maximum atomic E-state index is 11.9. The molecule has 0 aromatic carbocycles. The van der Waals surface area contributed by atoms with E-state index in [1.54, 1.807) is 0 Å². The number of aliphatic carboxylic acids is 1. The van der Waals surface area contributed by atoms with Crippen molar-refractivity contribution >= 4 is 5.97 Å². The molecule has 0 aromatic rings. The zero-order valence-electron chi connectivity index (χ0n) is 31.2. The number of rotatable bonds is 15. The summed E-state index contributed by atoms with van der Waals surface area (Å²) in [7, 11) is 0. The van der Waals surface area contributed by atoms with E-state index in [9.17, 15) is 96.7 Å². The first-order valence-electron chi connectivity index (χ1n) is 18.7. The summed E-state index contributed by atoms with van der Waals surface area (Å²) in [5.74, 6) is -5.16. The van der Waals surface area contributed by atoms with Gasteiger partial charge in [-0.1, -0.05) is 0 Å². The van der Waals surface area contributed by atoms with Gasteiger partial charge in [0.05, 0.1) is 39.1 Å². The zero-order valence-corrected chi connectivity index (χ0v) is 31.2. The van der Waals surface area contributed by atoms with Crippen molar-refractivity contribution in [3.63, 3.8) is 0 Å². The molecule has 5 heterocycles. The van der Waals surface area contributed by atoms with E-state index >= 15 is 0 Å². The Morgan fingerprint density at radius 3 is 1.40 bits per heavy atom. The summed E-state index contributed by atoms with van der Waals surface area (Å²) in [6.45, 7) is -4.97. The van der Waals surface area contributed by atoms with Gasteiger partial charge in [-0.05, 0) is 0 Å². The molecule has 5 saturated heterocycles. The molecular formula is C32H54O28. The number of carboxylic acids is 1. The molecule has 5 fully saturated rings. The van der Waals surface area contributed by atoms with Gasteiger partial charge in [0.25, 0.3) is 5.79 Å². The fourth-order valence-corrected chi connectivity index (χ4v) is 7.35. The molecule has 28 heteroatoms. The molecule has 60 heavy (non-hydrogen) atoms. The van der Waals surface area contributed by atoms with Crippen LogP contribution in [0.15, 0.2) is 0 Å². The van der Waals surface area contributed by atoms with Crippen LogP contribution in [0, 0.1) is 0 Å². The number of ether oxygens (including phenoxy) is 9. The highest BCUT2D eigenvalue weighted by Gasteiger charge is 2.58. The van der Waals surface area contributed by atoms with Crippen molar-refractivity contribution < 1.29 is 139 Å². The Morgan fingerprint density at radius 1 is 0.550 bits per heavy atom. The summed E-state index contributed by atoms with van der Waals surface area (Å²) in [6, 6.07) is 0. The second-order valence-corrected chi connectivity index (χ2v) is 15.0. The molecule has 5 aliphatic rings. The van der Waals surface area contributed by atoms with Gasteiger partial charge >= 0.3 is 5.97 Å². The van der Waals surface area contributed by atoms with Crippen LogP contribution in [0.2, 0.25) is 0 Å². The number of hydrogen-bond donors (Lipinski definition) is 18. The van der Waals surface area contributed by atoms with E-state index in [2.05, 4.69) is 0 Å². The Labute approximate surface area is 338 Å². The van der Waals surface area contributed by atoms with Crippen LogP contribution in [0.1, 0.15) is 6.42 Å². The third kappa shape index (κ3) is 10.0. The molecule has 18 N–H and O–H groups in total. The summed E-state index contributed by atoms with van der Waals surface area (Å²) in [5.41, 5.74) is 0. The largest absolute Gasteiger partial charge is 0.477 e. The first kappa shape index (κ1) is 49.4. The summed E-state index contributed by atoms with van der Waals surface area (Å²) in [6.07, 6.45) is -49.1. The molecular weight excluding hydrogens is 832 g/mol. The third-order valence-electron chi connectivity index (χ3n) is 10.9. The van der Waals surface area contributed by atoms with E-state index < -0.39 is 198 Å². The highest BCUT2D eigenvalue weighted by molar-refractivity contribution is 5.75. The predicted octanol–water partition coefficient (Wildman–Crippen LogP) is -12.1. The monoisotopic (exact) mass is 886 g/mol.